The van der Waals surface area contributed by atoms with E-state index in [2.05, 4.69) is 60.2 Å². The van der Waals surface area contributed by atoms with E-state index in [1.807, 2.05) is 24.3 Å². The minimum atomic E-state index is 0. The van der Waals surface area contributed by atoms with Gasteiger partial charge in [-0.25, -0.2) is 0 Å². The lowest BCUT2D eigenvalue weighted by Crippen LogP contribution is -2.47. The number of aryl methyl sites for hydroxylation is 1. The molecule has 3 nitrogen and oxygen atoms in total. The molecule has 144 valence electrons. The third-order valence-electron chi connectivity index (χ3n) is 6.17. The van der Waals surface area contributed by atoms with Gasteiger partial charge in [0.15, 0.2) is 0 Å². The largest absolute Gasteiger partial charge is 0.306 e. The fourth-order valence-corrected chi connectivity index (χ4v) is 4.81. The first-order chi connectivity index (χ1) is 13.1. The molecule has 0 aliphatic carbocycles. The second kappa shape index (κ2) is 7.23. The number of piperidine rings is 1. The minimum Gasteiger partial charge on any atom is -0.306 e. The van der Waals surface area contributed by atoms with Gasteiger partial charge >= 0.3 is 0 Å². The molecule has 1 saturated heterocycles. The van der Waals surface area contributed by atoms with Gasteiger partial charge in [-0.1, -0.05) is 48.0 Å². The second-order valence-electron chi connectivity index (χ2n) is 8.02. The molecule has 2 unspecified atom stereocenters. The van der Waals surface area contributed by atoms with E-state index >= 15 is 0 Å². The smallest absolute Gasteiger partial charge is 0.258 e. The highest BCUT2D eigenvalue weighted by Gasteiger charge is 2.44. The predicted octanol–water partition coefficient (Wildman–Crippen LogP) is 5.02. The molecular formula is C24H25ClN2O. The van der Waals surface area contributed by atoms with E-state index in [9.17, 15) is 4.79 Å². The van der Waals surface area contributed by atoms with Gasteiger partial charge in [0.25, 0.3) is 5.91 Å². The van der Waals surface area contributed by atoms with Crippen molar-refractivity contribution in [1.82, 2.24) is 4.90 Å². The zero-order valence-electron chi connectivity index (χ0n) is 16.3. The molecule has 4 heteroatoms. The molecule has 3 aromatic carbocycles. The van der Waals surface area contributed by atoms with Crippen LogP contribution in [0.3, 0.4) is 0 Å². The summed E-state index contributed by atoms with van der Waals surface area (Å²) in [6.07, 6.45) is 1.02. The normalized spacial score (nSPS) is 21.1. The van der Waals surface area contributed by atoms with Crippen molar-refractivity contribution in [2.75, 3.05) is 25.0 Å². The lowest BCUT2D eigenvalue weighted by Gasteiger charge is -2.36. The Bertz CT molecular complexity index is 1050. The molecule has 0 N–H and O–H groups in total. The van der Waals surface area contributed by atoms with Crippen molar-refractivity contribution in [2.24, 2.45) is 0 Å². The Hall–Kier alpha value is -2.36. The average molecular weight is 393 g/mol. The number of hydrogen-bond acceptors (Lipinski definition) is 2. The summed E-state index contributed by atoms with van der Waals surface area (Å²) in [5.41, 5.74) is 4.48. The molecule has 0 bridgehead atoms. The third kappa shape index (κ3) is 2.99. The number of halogens is 1. The van der Waals surface area contributed by atoms with Crippen LogP contribution in [0.2, 0.25) is 0 Å². The van der Waals surface area contributed by atoms with Crippen LogP contribution in [0.1, 0.15) is 33.8 Å². The van der Waals surface area contributed by atoms with Gasteiger partial charge in [0, 0.05) is 29.8 Å². The highest BCUT2D eigenvalue weighted by Crippen LogP contribution is 2.45. The van der Waals surface area contributed by atoms with Crippen molar-refractivity contribution < 1.29 is 4.79 Å². The number of hydrogen-bond donors (Lipinski definition) is 0. The SMILES string of the molecule is Cc1ccc2c(c1)C1CN(C)CCC1N2C(=O)c1ccc2ccccc2c1.Cl. The number of anilines is 1. The van der Waals surface area contributed by atoms with Crippen LogP contribution >= 0.6 is 12.4 Å². The first kappa shape index (κ1) is 19.0. The number of carbonyl (C=O) groups is 1. The van der Waals surface area contributed by atoms with Gasteiger partial charge in [-0.15, -0.1) is 12.4 Å². The highest BCUT2D eigenvalue weighted by molar-refractivity contribution is 6.09. The van der Waals surface area contributed by atoms with Crippen LogP contribution in [-0.4, -0.2) is 37.0 Å². The molecule has 0 radical (unpaired) electrons. The maximum absolute atomic E-state index is 13.6. The molecular weight excluding hydrogens is 368 g/mol. The van der Waals surface area contributed by atoms with E-state index in [1.165, 1.54) is 16.5 Å². The summed E-state index contributed by atoms with van der Waals surface area (Å²) in [6, 6.07) is 21.1. The van der Waals surface area contributed by atoms with Crippen LogP contribution in [0, 0.1) is 6.92 Å². The number of likely N-dealkylation sites (tertiary alicyclic amines) is 1. The summed E-state index contributed by atoms with van der Waals surface area (Å²) >= 11 is 0. The number of fused-ring (bicyclic) bond motifs is 4. The first-order valence-electron chi connectivity index (χ1n) is 9.73. The first-order valence-corrected chi connectivity index (χ1v) is 9.73. The van der Waals surface area contributed by atoms with Crippen LogP contribution < -0.4 is 4.90 Å². The van der Waals surface area contributed by atoms with Crippen molar-refractivity contribution in [3.63, 3.8) is 0 Å². The Labute approximate surface area is 172 Å². The van der Waals surface area contributed by atoms with E-state index in [0.717, 1.165) is 36.1 Å². The third-order valence-corrected chi connectivity index (χ3v) is 6.17. The van der Waals surface area contributed by atoms with Gasteiger partial charge in [-0.2, -0.15) is 0 Å². The van der Waals surface area contributed by atoms with Crippen molar-refractivity contribution in [3.05, 3.63) is 77.4 Å². The summed E-state index contributed by atoms with van der Waals surface area (Å²) in [5, 5.41) is 2.29. The summed E-state index contributed by atoms with van der Waals surface area (Å²) in [6.45, 7) is 4.19. The summed E-state index contributed by atoms with van der Waals surface area (Å²) in [4.78, 5) is 18.1. The van der Waals surface area contributed by atoms with Crippen molar-refractivity contribution in [2.45, 2.75) is 25.3 Å². The Kier molecular flexibility index (Phi) is 4.90. The van der Waals surface area contributed by atoms with Crippen molar-refractivity contribution in [3.8, 4) is 0 Å². The van der Waals surface area contributed by atoms with Gasteiger partial charge in [-0.3, -0.25) is 4.79 Å². The number of benzene rings is 3. The number of rotatable bonds is 1. The molecule has 28 heavy (non-hydrogen) atoms. The van der Waals surface area contributed by atoms with Crippen LogP contribution in [0.15, 0.2) is 60.7 Å². The number of likely N-dealkylation sites (N-methyl/N-ethyl adjacent to an activating group) is 1. The molecule has 3 aromatic rings. The monoisotopic (exact) mass is 392 g/mol. The van der Waals surface area contributed by atoms with Gasteiger partial charge in [0.2, 0.25) is 0 Å². The second-order valence-corrected chi connectivity index (χ2v) is 8.02. The average Bonchev–Trinajstić information content (AvgIpc) is 3.00. The van der Waals surface area contributed by atoms with E-state index in [1.54, 1.807) is 0 Å². The standard InChI is InChI=1S/C24H24N2O.ClH/c1-16-7-10-22-20(13-16)21-15-25(2)12-11-23(21)26(22)24(27)19-9-8-17-5-3-4-6-18(17)14-19;/h3-10,13-14,21,23H,11-12,15H2,1-2H3;1H. The Morgan fingerprint density at radius 2 is 1.79 bits per heavy atom. The van der Waals surface area contributed by atoms with Crippen LogP contribution in [0.4, 0.5) is 5.69 Å². The quantitative estimate of drug-likeness (QED) is 0.580. The topological polar surface area (TPSA) is 23.6 Å². The lowest BCUT2D eigenvalue weighted by atomic mass is 9.88. The summed E-state index contributed by atoms with van der Waals surface area (Å²) in [5.74, 6) is 0.533. The molecule has 0 spiro atoms. The summed E-state index contributed by atoms with van der Waals surface area (Å²) < 4.78 is 0. The van der Waals surface area contributed by atoms with Gasteiger partial charge in [0.05, 0.1) is 0 Å². The molecule has 2 heterocycles. The van der Waals surface area contributed by atoms with Crippen LogP contribution in [0.25, 0.3) is 10.8 Å². The van der Waals surface area contributed by atoms with E-state index in [0.29, 0.717) is 5.92 Å². The molecule has 1 fully saturated rings. The van der Waals surface area contributed by atoms with Gasteiger partial charge in [0.1, 0.15) is 0 Å². The molecule has 0 saturated carbocycles. The fraction of sp³-hybridized carbons (Fsp3) is 0.292. The number of amides is 1. The molecule has 2 aliphatic heterocycles. The number of nitrogens with zero attached hydrogens (tertiary/aromatic N) is 2. The molecule has 2 atom stereocenters. The van der Waals surface area contributed by atoms with Gasteiger partial charge in [-0.05, 0) is 61.5 Å². The van der Waals surface area contributed by atoms with Crippen molar-refractivity contribution in [1.29, 1.82) is 0 Å². The van der Waals surface area contributed by atoms with E-state index in [-0.39, 0.29) is 24.4 Å². The molecule has 2 aliphatic rings. The van der Waals surface area contributed by atoms with E-state index in [4.69, 9.17) is 0 Å². The zero-order chi connectivity index (χ0) is 18.5. The number of carbonyl (C=O) groups excluding carboxylic acids is 1. The van der Waals surface area contributed by atoms with E-state index < -0.39 is 0 Å². The lowest BCUT2D eigenvalue weighted by molar-refractivity contribution is 0.0965. The maximum Gasteiger partial charge on any atom is 0.258 e. The molecule has 0 aromatic heterocycles. The summed E-state index contributed by atoms with van der Waals surface area (Å²) in [7, 11) is 2.18. The van der Waals surface area contributed by atoms with Crippen molar-refractivity contribution >= 4 is 34.8 Å². The Balaban J connectivity index is 0.00000192. The Morgan fingerprint density at radius 3 is 2.61 bits per heavy atom. The molecule has 5 rings (SSSR count). The molecule has 1 amide bonds. The minimum absolute atomic E-state index is 0. The Morgan fingerprint density at radius 1 is 1.00 bits per heavy atom. The zero-order valence-corrected chi connectivity index (χ0v) is 17.1. The van der Waals surface area contributed by atoms with Crippen LogP contribution in [0.5, 0.6) is 0 Å². The van der Waals surface area contributed by atoms with Crippen LogP contribution in [-0.2, 0) is 0 Å². The maximum atomic E-state index is 13.6. The fourth-order valence-electron chi connectivity index (χ4n) is 4.81. The van der Waals surface area contributed by atoms with Gasteiger partial charge < -0.3 is 9.80 Å². The highest BCUT2D eigenvalue weighted by atomic mass is 35.5. The predicted molar refractivity (Wildman–Crippen MR) is 118 cm³/mol.